The van der Waals surface area contributed by atoms with Crippen molar-refractivity contribution in [2.45, 2.75) is 25.3 Å². The van der Waals surface area contributed by atoms with Crippen LogP contribution in [0.4, 0.5) is 0 Å². The molecule has 0 bridgehead atoms. The quantitative estimate of drug-likeness (QED) is 0.709. The van der Waals surface area contributed by atoms with E-state index >= 15 is 0 Å². The zero-order valence-electron chi connectivity index (χ0n) is 15.4. The minimum absolute atomic E-state index is 0. The van der Waals surface area contributed by atoms with E-state index in [1.807, 2.05) is 0 Å². The number of amides is 1. The molecule has 1 aromatic carbocycles. The molecule has 3 rings (SSSR count). The second-order valence-corrected chi connectivity index (χ2v) is 9.44. The third-order valence-electron chi connectivity index (χ3n) is 5.13. The van der Waals surface area contributed by atoms with E-state index in [0.717, 1.165) is 31.5 Å². The van der Waals surface area contributed by atoms with Crippen molar-refractivity contribution >= 4 is 51.7 Å². The van der Waals surface area contributed by atoms with Gasteiger partial charge in [0.1, 0.15) is 0 Å². The number of hydrogen-bond acceptors (Lipinski definition) is 4. The maximum absolute atomic E-state index is 12.9. The number of benzene rings is 1. The highest BCUT2D eigenvalue weighted by molar-refractivity contribution is 7.86. The van der Waals surface area contributed by atoms with Crippen molar-refractivity contribution in [2.75, 3.05) is 39.3 Å². The SMILES string of the molecule is Cl.NS(=O)(=O)N1CCN(C(=O)Cc2ccc(Cl)c(Cl)c2)C(CN2CCCC2)C1. The van der Waals surface area contributed by atoms with Crippen LogP contribution < -0.4 is 5.14 Å². The van der Waals surface area contributed by atoms with Crippen LogP contribution in [0.3, 0.4) is 0 Å². The molecule has 2 aliphatic rings. The van der Waals surface area contributed by atoms with Gasteiger partial charge in [0, 0.05) is 26.2 Å². The summed E-state index contributed by atoms with van der Waals surface area (Å²) < 4.78 is 24.8. The molecule has 0 radical (unpaired) electrons. The molecule has 2 saturated heterocycles. The summed E-state index contributed by atoms with van der Waals surface area (Å²) in [5.41, 5.74) is 0.781. The van der Waals surface area contributed by atoms with Crippen LogP contribution in [0.25, 0.3) is 0 Å². The van der Waals surface area contributed by atoms with Gasteiger partial charge in [-0.15, -0.1) is 12.4 Å². The fraction of sp³-hybridized carbons (Fsp3) is 0.588. The van der Waals surface area contributed by atoms with Crippen LogP contribution in [-0.4, -0.2) is 73.7 Å². The second-order valence-electron chi connectivity index (χ2n) is 7.08. The van der Waals surface area contributed by atoms with Crippen molar-refractivity contribution < 1.29 is 13.2 Å². The van der Waals surface area contributed by atoms with Crippen LogP contribution in [-0.2, 0) is 21.4 Å². The van der Waals surface area contributed by atoms with Crippen molar-refractivity contribution in [1.82, 2.24) is 14.1 Å². The molecular weight excluding hydrogens is 447 g/mol. The number of carbonyl (C=O) groups is 1. The number of piperazine rings is 1. The molecule has 2 N–H and O–H groups in total. The molecule has 7 nitrogen and oxygen atoms in total. The van der Waals surface area contributed by atoms with Gasteiger partial charge in [-0.05, 0) is 43.6 Å². The minimum Gasteiger partial charge on any atom is -0.335 e. The zero-order chi connectivity index (χ0) is 19.6. The van der Waals surface area contributed by atoms with Gasteiger partial charge in [-0.2, -0.15) is 12.7 Å². The second kappa shape index (κ2) is 9.93. The Morgan fingerprint density at radius 2 is 1.79 bits per heavy atom. The number of hydrogen-bond donors (Lipinski definition) is 1. The van der Waals surface area contributed by atoms with E-state index in [9.17, 15) is 13.2 Å². The fourth-order valence-corrected chi connectivity index (χ4v) is 4.77. The molecule has 1 unspecified atom stereocenters. The summed E-state index contributed by atoms with van der Waals surface area (Å²) in [4.78, 5) is 17.0. The highest BCUT2D eigenvalue weighted by atomic mass is 35.5. The van der Waals surface area contributed by atoms with Gasteiger partial charge in [0.25, 0.3) is 10.2 Å². The summed E-state index contributed by atoms with van der Waals surface area (Å²) in [5, 5.41) is 6.17. The standard InChI is InChI=1S/C17H24Cl2N4O3S.ClH/c18-15-4-3-13(9-16(15)19)10-17(24)23-8-7-22(27(20,25)26)12-14(23)11-21-5-1-2-6-21;/h3-4,9,14H,1-2,5-8,10-12H2,(H2,20,25,26);1H. The molecule has 2 fully saturated rings. The molecule has 0 saturated carbocycles. The summed E-state index contributed by atoms with van der Waals surface area (Å²) in [7, 11) is -3.77. The van der Waals surface area contributed by atoms with Gasteiger partial charge < -0.3 is 9.80 Å². The Labute approximate surface area is 182 Å². The van der Waals surface area contributed by atoms with Crippen LogP contribution >= 0.6 is 35.6 Å². The van der Waals surface area contributed by atoms with E-state index in [-0.39, 0.29) is 43.9 Å². The van der Waals surface area contributed by atoms with Crippen LogP contribution in [0.1, 0.15) is 18.4 Å². The average Bonchev–Trinajstić information content (AvgIpc) is 3.10. The zero-order valence-corrected chi connectivity index (χ0v) is 18.5. The lowest BCUT2D eigenvalue weighted by Gasteiger charge is -2.41. The largest absolute Gasteiger partial charge is 0.335 e. The van der Waals surface area contributed by atoms with E-state index in [4.69, 9.17) is 28.3 Å². The van der Waals surface area contributed by atoms with E-state index in [2.05, 4.69) is 4.90 Å². The number of carbonyl (C=O) groups excluding carboxylic acids is 1. The maximum Gasteiger partial charge on any atom is 0.277 e. The Balaban J connectivity index is 0.00000280. The summed E-state index contributed by atoms with van der Waals surface area (Å²) in [5.74, 6) is -0.0494. The van der Waals surface area contributed by atoms with E-state index in [1.165, 1.54) is 4.31 Å². The van der Waals surface area contributed by atoms with Crippen LogP contribution in [0, 0.1) is 0 Å². The molecule has 0 spiro atoms. The van der Waals surface area contributed by atoms with Gasteiger partial charge in [-0.25, -0.2) is 5.14 Å². The molecule has 0 aliphatic carbocycles. The molecule has 1 amide bonds. The van der Waals surface area contributed by atoms with Crippen LogP contribution in [0.5, 0.6) is 0 Å². The Morgan fingerprint density at radius 3 is 2.39 bits per heavy atom. The molecule has 1 atom stereocenters. The lowest BCUT2D eigenvalue weighted by molar-refractivity contribution is -0.135. The van der Waals surface area contributed by atoms with Crippen LogP contribution in [0.15, 0.2) is 18.2 Å². The first kappa shape index (κ1) is 23.7. The highest BCUT2D eigenvalue weighted by Crippen LogP contribution is 2.24. The lowest BCUT2D eigenvalue weighted by atomic mass is 10.1. The Morgan fingerprint density at radius 1 is 1.11 bits per heavy atom. The highest BCUT2D eigenvalue weighted by Gasteiger charge is 2.35. The van der Waals surface area contributed by atoms with Gasteiger partial charge in [-0.3, -0.25) is 4.79 Å². The maximum atomic E-state index is 12.9. The van der Waals surface area contributed by atoms with E-state index in [0.29, 0.717) is 23.1 Å². The van der Waals surface area contributed by atoms with Gasteiger partial charge >= 0.3 is 0 Å². The van der Waals surface area contributed by atoms with Gasteiger partial charge in [-0.1, -0.05) is 29.3 Å². The predicted octanol–water partition coefficient (Wildman–Crippen LogP) is 1.77. The molecule has 11 heteroatoms. The first-order chi connectivity index (χ1) is 12.7. The van der Waals surface area contributed by atoms with Gasteiger partial charge in [0.15, 0.2) is 0 Å². The van der Waals surface area contributed by atoms with E-state index in [1.54, 1.807) is 23.1 Å². The first-order valence-electron chi connectivity index (χ1n) is 8.97. The van der Waals surface area contributed by atoms with Crippen molar-refractivity contribution in [3.05, 3.63) is 33.8 Å². The molecule has 28 heavy (non-hydrogen) atoms. The predicted molar refractivity (Wildman–Crippen MR) is 113 cm³/mol. The summed E-state index contributed by atoms with van der Waals surface area (Å²) >= 11 is 12.0. The number of likely N-dealkylation sites (tertiary alicyclic amines) is 1. The van der Waals surface area contributed by atoms with Crippen molar-refractivity contribution in [2.24, 2.45) is 5.14 Å². The normalized spacial score (nSPS) is 21.5. The lowest BCUT2D eigenvalue weighted by Crippen LogP contribution is -2.60. The molecule has 2 aliphatic heterocycles. The van der Waals surface area contributed by atoms with Crippen molar-refractivity contribution in [3.8, 4) is 0 Å². The van der Waals surface area contributed by atoms with E-state index < -0.39 is 10.2 Å². The summed E-state index contributed by atoms with van der Waals surface area (Å²) in [6.45, 7) is 3.36. The van der Waals surface area contributed by atoms with Crippen LogP contribution in [0.2, 0.25) is 10.0 Å². The number of halogens is 3. The molecule has 2 heterocycles. The minimum atomic E-state index is -3.77. The topological polar surface area (TPSA) is 87.0 Å². The number of nitrogens with two attached hydrogens (primary N) is 1. The molecule has 0 aromatic heterocycles. The number of nitrogens with zero attached hydrogens (tertiary/aromatic N) is 3. The van der Waals surface area contributed by atoms with Crippen molar-refractivity contribution in [1.29, 1.82) is 0 Å². The Kier molecular flexibility index (Phi) is 8.39. The smallest absolute Gasteiger partial charge is 0.277 e. The molecular formula is C17H25Cl3N4O3S. The fourth-order valence-electron chi connectivity index (χ4n) is 3.73. The summed E-state index contributed by atoms with van der Waals surface area (Å²) in [6, 6.07) is 4.93. The monoisotopic (exact) mass is 470 g/mol. The summed E-state index contributed by atoms with van der Waals surface area (Å²) in [6.07, 6.45) is 2.45. The van der Waals surface area contributed by atoms with Crippen molar-refractivity contribution in [3.63, 3.8) is 0 Å². The number of rotatable bonds is 5. The van der Waals surface area contributed by atoms with Gasteiger partial charge in [0.05, 0.1) is 22.5 Å². The molecule has 1 aromatic rings. The van der Waals surface area contributed by atoms with Gasteiger partial charge in [0.2, 0.25) is 5.91 Å². The third kappa shape index (κ3) is 5.95. The Bertz CT molecular complexity index is 803. The third-order valence-corrected chi connectivity index (χ3v) is 6.92. The average molecular weight is 472 g/mol. The first-order valence-corrected chi connectivity index (χ1v) is 11.2. The molecule has 158 valence electrons. The Hall–Kier alpha value is -0.610.